The van der Waals surface area contributed by atoms with Crippen molar-refractivity contribution in [3.63, 3.8) is 0 Å². The molecular weight excluding hydrogens is 380 g/mol. The lowest BCUT2D eigenvalue weighted by Crippen LogP contribution is -2.29. The molecule has 0 saturated carbocycles. The van der Waals surface area contributed by atoms with Gasteiger partial charge < -0.3 is 10.2 Å². The topological polar surface area (TPSA) is 117 Å². The zero-order valence-corrected chi connectivity index (χ0v) is 15.4. The lowest BCUT2D eigenvalue weighted by Gasteiger charge is -2.22. The molecule has 1 fully saturated rings. The Morgan fingerprint density at radius 3 is 2.36 bits per heavy atom. The first-order chi connectivity index (χ1) is 13.5. The molecule has 1 aromatic carbocycles. The van der Waals surface area contributed by atoms with Crippen molar-refractivity contribution in [2.24, 2.45) is 0 Å². The molecule has 3 aromatic rings. The summed E-state index contributed by atoms with van der Waals surface area (Å²) in [5.41, 5.74) is 0.848. The minimum atomic E-state index is -0.902. The minimum Gasteiger partial charge on any atom is -0.508 e. The highest BCUT2D eigenvalue weighted by Crippen LogP contribution is 2.43. The molecule has 1 unspecified atom stereocenters. The number of pyridine rings is 1. The molecule has 1 saturated heterocycles. The average molecular weight is 394 g/mol. The number of hydrogen-bond acceptors (Lipinski definition) is 8. The number of rotatable bonds is 3. The average Bonchev–Trinajstić information content (AvgIpc) is 3.24. The van der Waals surface area contributed by atoms with Gasteiger partial charge >= 0.3 is 5.91 Å². The summed E-state index contributed by atoms with van der Waals surface area (Å²) in [5.74, 6) is -1.88. The van der Waals surface area contributed by atoms with Crippen LogP contribution >= 0.6 is 11.3 Å². The van der Waals surface area contributed by atoms with Crippen molar-refractivity contribution in [2.75, 3.05) is 4.90 Å². The van der Waals surface area contributed by atoms with Gasteiger partial charge in [-0.3, -0.25) is 19.5 Å². The number of aliphatic hydroxyl groups is 1. The molecule has 2 aromatic heterocycles. The van der Waals surface area contributed by atoms with Crippen LogP contribution in [-0.2, 0) is 9.59 Å². The second kappa shape index (κ2) is 6.86. The smallest absolute Gasteiger partial charge is 0.301 e. The normalized spacial score (nSPS) is 18.6. The Bertz CT molecular complexity index is 1090. The summed E-state index contributed by atoms with van der Waals surface area (Å²) in [6.07, 6.45) is 2.96. The Balaban J connectivity index is 1.94. The number of aliphatic hydroxyl groups excluding tert-OH is 1. The van der Waals surface area contributed by atoms with E-state index in [0.29, 0.717) is 16.1 Å². The molecule has 1 aliphatic heterocycles. The molecule has 0 spiro atoms. The number of hydrogen-bond donors (Lipinski definition) is 2. The standard InChI is InChI=1S/C19H14N4O4S/c1-10-21-22-19(28-10)23-15(11-2-4-13(24)5-3-11)14(17(26)18(23)27)16(25)12-6-8-20-9-7-12/h2-9,15,24-25H,1H3/b16-14+. The number of aryl methyl sites for hydroxylation is 1. The van der Waals surface area contributed by atoms with Gasteiger partial charge in [-0.25, -0.2) is 0 Å². The van der Waals surface area contributed by atoms with Crippen LogP contribution in [0.25, 0.3) is 5.76 Å². The predicted octanol–water partition coefficient (Wildman–Crippen LogP) is 2.57. The molecule has 28 heavy (non-hydrogen) atoms. The fraction of sp³-hybridized carbons (Fsp3) is 0.105. The number of anilines is 1. The maximum atomic E-state index is 12.8. The third kappa shape index (κ3) is 2.91. The fourth-order valence-electron chi connectivity index (χ4n) is 3.05. The van der Waals surface area contributed by atoms with Crippen LogP contribution in [0.1, 0.15) is 22.2 Å². The van der Waals surface area contributed by atoms with E-state index < -0.39 is 17.7 Å². The van der Waals surface area contributed by atoms with E-state index in [0.717, 1.165) is 0 Å². The number of aromatic hydroxyl groups is 1. The summed E-state index contributed by atoms with van der Waals surface area (Å²) in [4.78, 5) is 30.8. The van der Waals surface area contributed by atoms with Gasteiger partial charge in [-0.1, -0.05) is 23.5 Å². The Labute approximate surface area is 163 Å². The molecule has 0 aliphatic carbocycles. The van der Waals surface area contributed by atoms with Crippen molar-refractivity contribution in [3.05, 3.63) is 70.5 Å². The molecule has 0 radical (unpaired) electrons. The van der Waals surface area contributed by atoms with Gasteiger partial charge in [0.05, 0.1) is 11.6 Å². The third-order valence-electron chi connectivity index (χ3n) is 4.33. The van der Waals surface area contributed by atoms with Crippen LogP contribution in [0.15, 0.2) is 54.4 Å². The van der Waals surface area contributed by atoms with Crippen LogP contribution in [-0.4, -0.2) is 37.1 Å². The van der Waals surface area contributed by atoms with E-state index >= 15 is 0 Å². The number of Topliss-reactive ketones (excluding diaryl/α,β-unsaturated/α-hetero) is 1. The molecule has 1 aliphatic rings. The zero-order chi connectivity index (χ0) is 19.8. The molecule has 140 valence electrons. The zero-order valence-electron chi connectivity index (χ0n) is 14.6. The molecule has 3 heterocycles. The fourth-order valence-corrected chi connectivity index (χ4v) is 3.76. The van der Waals surface area contributed by atoms with Gasteiger partial charge in [-0.2, -0.15) is 0 Å². The Morgan fingerprint density at radius 2 is 1.75 bits per heavy atom. The SMILES string of the molecule is Cc1nnc(N2C(=O)C(=O)/C(=C(/O)c3ccncc3)C2c2ccc(O)cc2)s1. The first-order valence-corrected chi connectivity index (χ1v) is 9.09. The van der Waals surface area contributed by atoms with Crippen molar-refractivity contribution >= 4 is 33.9 Å². The van der Waals surface area contributed by atoms with Gasteiger partial charge in [0.1, 0.15) is 16.5 Å². The van der Waals surface area contributed by atoms with Gasteiger partial charge in [0.15, 0.2) is 0 Å². The van der Waals surface area contributed by atoms with Gasteiger partial charge in [-0.15, -0.1) is 10.2 Å². The summed E-state index contributed by atoms with van der Waals surface area (Å²) in [6.45, 7) is 1.74. The lowest BCUT2D eigenvalue weighted by molar-refractivity contribution is -0.132. The molecule has 1 amide bonds. The van der Waals surface area contributed by atoms with E-state index in [1.807, 2.05) is 0 Å². The summed E-state index contributed by atoms with van der Waals surface area (Å²) in [7, 11) is 0. The first kappa shape index (κ1) is 17.8. The number of benzene rings is 1. The number of aromatic nitrogens is 3. The quantitative estimate of drug-likeness (QED) is 0.398. The number of nitrogens with zero attached hydrogens (tertiary/aromatic N) is 4. The van der Waals surface area contributed by atoms with Crippen LogP contribution in [0.5, 0.6) is 5.75 Å². The highest BCUT2D eigenvalue weighted by Gasteiger charge is 2.48. The van der Waals surface area contributed by atoms with Gasteiger partial charge in [0.2, 0.25) is 5.13 Å². The Kier molecular flexibility index (Phi) is 4.36. The van der Waals surface area contributed by atoms with Crippen LogP contribution < -0.4 is 4.90 Å². The molecule has 1 atom stereocenters. The van der Waals surface area contributed by atoms with Crippen molar-refractivity contribution < 1.29 is 19.8 Å². The number of carbonyl (C=O) groups is 2. The number of phenolic OH excluding ortho intramolecular Hbond substituents is 1. The first-order valence-electron chi connectivity index (χ1n) is 8.28. The minimum absolute atomic E-state index is 0.0431. The van der Waals surface area contributed by atoms with Gasteiger partial charge in [0, 0.05) is 18.0 Å². The van der Waals surface area contributed by atoms with E-state index in [2.05, 4.69) is 15.2 Å². The molecule has 4 rings (SSSR count). The molecule has 9 heteroatoms. The van der Waals surface area contributed by atoms with Gasteiger partial charge in [0.25, 0.3) is 5.78 Å². The highest BCUT2D eigenvalue weighted by atomic mass is 32.1. The molecular formula is C19H14N4O4S. The van der Waals surface area contributed by atoms with E-state index in [1.165, 1.54) is 40.8 Å². The van der Waals surface area contributed by atoms with Crippen LogP contribution in [0.3, 0.4) is 0 Å². The van der Waals surface area contributed by atoms with Gasteiger partial charge in [-0.05, 0) is 36.8 Å². The van der Waals surface area contributed by atoms with E-state index in [1.54, 1.807) is 31.2 Å². The number of ketones is 1. The van der Waals surface area contributed by atoms with Crippen molar-refractivity contribution in [2.45, 2.75) is 13.0 Å². The largest absolute Gasteiger partial charge is 0.508 e. The number of amides is 1. The number of carbonyl (C=O) groups excluding carboxylic acids is 2. The highest BCUT2D eigenvalue weighted by molar-refractivity contribution is 7.15. The van der Waals surface area contributed by atoms with Crippen LogP contribution in [0.4, 0.5) is 5.13 Å². The van der Waals surface area contributed by atoms with Crippen molar-refractivity contribution in [1.29, 1.82) is 0 Å². The van der Waals surface area contributed by atoms with Crippen LogP contribution in [0, 0.1) is 6.92 Å². The van der Waals surface area contributed by atoms with E-state index in [-0.39, 0.29) is 22.2 Å². The predicted molar refractivity (Wildman–Crippen MR) is 102 cm³/mol. The maximum Gasteiger partial charge on any atom is 0.301 e. The second-order valence-corrected chi connectivity index (χ2v) is 7.26. The summed E-state index contributed by atoms with van der Waals surface area (Å²) < 4.78 is 0. The van der Waals surface area contributed by atoms with Crippen molar-refractivity contribution in [3.8, 4) is 5.75 Å². The number of phenols is 1. The van der Waals surface area contributed by atoms with Crippen LogP contribution in [0.2, 0.25) is 0 Å². The van der Waals surface area contributed by atoms with Crippen molar-refractivity contribution in [1.82, 2.24) is 15.2 Å². The lowest BCUT2D eigenvalue weighted by atomic mass is 9.95. The van der Waals surface area contributed by atoms with E-state index in [9.17, 15) is 19.8 Å². The van der Waals surface area contributed by atoms with E-state index in [4.69, 9.17) is 0 Å². The third-order valence-corrected chi connectivity index (χ3v) is 5.17. The summed E-state index contributed by atoms with van der Waals surface area (Å²) in [5, 5.41) is 29.3. The summed E-state index contributed by atoms with van der Waals surface area (Å²) >= 11 is 1.17. The molecule has 0 bridgehead atoms. The maximum absolute atomic E-state index is 12.8. The second-order valence-electron chi connectivity index (χ2n) is 6.10. The monoisotopic (exact) mass is 394 g/mol. The summed E-state index contributed by atoms with van der Waals surface area (Å²) in [6, 6.07) is 8.28. The molecule has 8 nitrogen and oxygen atoms in total. The Morgan fingerprint density at radius 1 is 1.07 bits per heavy atom. The molecule has 2 N–H and O–H groups in total. The Hall–Kier alpha value is -3.59.